The number of halogens is 1. The first-order valence-corrected chi connectivity index (χ1v) is 6.02. The number of carboxylic acids is 1. The van der Waals surface area contributed by atoms with E-state index in [1.165, 1.54) is 16.8 Å². The Labute approximate surface area is 119 Å². The van der Waals surface area contributed by atoms with E-state index >= 15 is 0 Å². The Kier molecular flexibility index (Phi) is 4.45. The van der Waals surface area contributed by atoms with Gasteiger partial charge in [0.05, 0.1) is 0 Å². The van der Waals surface area contributed by atoms with Gasteiger partial charge < -0.3 is 10.4 Å². The molecule has 0 saturated carbocycles. The van der Waals surface area contributed by atoms with Crippen LogP contribution in [-0.4, -0.2) is 26.8 Å². The quantitative estimate of drug-likeness (QED) is 0.821. The molecule has 1 aromatic heterocycles. The zero-order chi connectivity index (χ0) is 15.2. The van der Waals surface area contributed by atoms with Crippen molar-refractivity contribution in [1.29, 1.82) is 0 Å². The molecule has 0 radical (unpaired) electrons. The zero-order valence-corrected chi connectivity index (χ0v) is 10.9. The van der Waals surface area contributed by atoms with Crippen LogP contribution in [0.25, 0.3) is 6.08 Å². The van der Waals surface area contributed by atoms with E-state index in [2.05, 4.69) is 10.4 Å². The standard InChI is InChI=1S/C14H12FN3O3/c15-12-8-11(4-2-10(12)3-5-14(20)21)17-13(19)9-18-7-1-6-16-18/h1-8H,9H2,(H,17,19)(H,20,21). The molecule has 0 saturated heterocycles. The highest BCUT2D eigenvalue weighted by Gasteiger charge is 2.06. The number of amides is 1. The van der Waals surface area contributed by atoms with E-state index in [-0.39, 0.29) is 23.7 Å². The minimum absolute atomic E-state index is 0.0231. The molecule has 0 aliphatic rings. The Morgan fingerprint density at radius 2 is 2.24 bits per heavy atom. The first kappa shape index (κ1) is 14.4. The van der Waals surface area contributed by atoms with Crippen molar-refractivity contribution in [1.82, 2.24) is 9.78 Å². The van der Waals surface area contributed by atoms with Crippen molar-refractivity contribution in [3.8, 4) is 0 Å². The number of aliphatic carboxylic acids is 1. The van der Waals surface area contributed by atoms with Crippen LogP contribution in [-0.2, 0) is 16.1 Å². The van der Waals surface area contributed by atoms with Crippen LogP contribution in [0.5, 0.6) is 0 Å². The van der Waals surface area contributed by atoms with Crippen LogP contribution < -0.4 is 5.32 Å². The molecule has 0 atom stereocenters. The molecule has 2 rings (SSSR count). The van der Waals surface area contributed by atoms with E-state index in [4.69, 9.17) is 5.11 Å². The lowest BCUT2D eigenvalue weighted by Crippen LogP contribution is -2.19. The van der Waals surface area contributed by atoms with Crippen molar-refractivity contribution >= 4 is 23.6 Å². The number of nitrogens with zero attached hydrogens (tertiary/aromatic N) is 2. The maximum atomic E-state index is 13.7. The van der Waals surface area contributed by atoms with E-state index in [0.717, 1.165) is 18.2 Å². The molecule has 0 aliphatic carbocycles. The molecule has 2 N–H and O–H groups in total. The third-order valence-electron chi connectivity index (χ3n) is 2.55. The van der Waals surface area contributed by atoms with Crippen molar-refractivity contribution in [2.75, 3.05) is 5.32 Å². The monoisotopic (exact) mass is 289 g/mol. The minimum atomic E-state index is -1.16. The Bertz CT molecular complexity index is 681. The highest BCUT2D eigenvalue weighted by atomic mass is 19.1. The van der Waals surface area contributed by atoms with Crippen molar-refractivity contribution in [3.05, 3.63) is 54.1 Å². The molecule has 0 spiro atoms. The SMILES string of the molecule is O=C(O)C=Cc1ccc(NC(=O)Cn2cccn2)cc1F. The summed E-state index contributed by atoms with van der Waals surface area (Å²) in [5.74, 6) is -2.12. The number of carbonyl (C=O) groups excluding carboxylic acids is 1. The second-order valence-corrected chi connectivity index (χ2v) is 4.16. The first-order valence-electron chi connectivity index (χ1n) is 6.02. The summed E-state index contributed by atoms with van der Waals surface area (Å²) in [4.78, 5) is 22.1. The number of benzene rings is 1. The van der Waals surface area contributed by atoms with Gasteiger partial charge in [0.2, 0.25) is 5.91 Å². The molecular formula is C14H12FN3O3. The number of aromatic nitrogens is 2. The van der Waals surface area contributed by atoms with Gasteiger partial charge in [0.1, 0.15) is 12.4 Å². The summed E-state index contributed by atoms with van der Waals surface area (Å²) in [6, 6.07) is 5.70. The molecule has 108 valence electrons. The fourth-order valence-electron chi connectivity index (χ4n) is 1.64. The average Bonchev–Trinajstić information content (AvgIpc) is 2.90. The van der Waals surface area contributed by atoms with Gasteiger partial charge in [-0.25, -0.2) is 9.18 Å². The molecule has 0 fully saturated rings. The van der Waals surface area contributed by atoms with E-state index in [9.17, 15) is 14.0 Å². The molecule has 2 aromatic rings. The van der Waals surface area contributed by atoms with E-state index < -0.39 is 11.8 Å². The van der Waals surface area contributed by atoms with E-state index in [1.54, 1.807) is 18.5 Å². The second kappa shape index (κ2) is 6.47. The second-order valence-electron chi connectivity index (χ2n) is 4.16. The van der Waals surface area contributed by atoms with E-state index in [0.29, 0.717) is 0 Å². The van der Waals surface area contributed by atoms with Gasteiger partial charge in [0.25, 0.3) is 0 Å². The molecule has 6 nitrogen and oxygen atoms in total. The number of carboxylic acid groups (broad SMARTS) is 1. The molecule has 0 bridgehead atoms. The Morgan fingerprint density at radius 3 is 2.86 bits per heavy atom. The Hall–Kier alpha value is -2.96. The summed E-state index contributed by atoms with van der Waals surface area (Å²) in [6.45, 7) is 0.0231. The van der Waals surface area contributed by atoms with E-state index in [1.807, 2.05) is 0 Å². The molecule has 21 heavy (non-hydrogen) atoms. The van der Waals surface area contributed by atoms with Crippen molar-refractivity contribution in [3.63, 3.8) is 0 Å². The lowest BCUT2D eigenvalue weighted by molar-refractivity contribution is -0.131. The molecule has 7 heteroatoms. The number of nitrogens with one attached hydrogen (secondary N) is 1. The fraction of sp³-hybridized carbons (Fsp3) is 0.0714. The van der Waals surface area contributed by atoms with Crippen LogP contribution >= 0.6 is 0 Å². The van der Waals surface area contributed by atoms with Gasteiger partial charge in [-0.05, 0) is 30.3 Å². The van der Waals surface area contributed by atoms with Crippen molar-refractivity contribution < 1.29 is 19.1 Å². The molecule has 1 heterocycles. The molecular weight excluding hydrogens is 277 g/mol. The largest absolute Gasteiger partial charge is 0.478 e. The number of rotatable bonds is 5. The average molecular weight is 289 g/mol. The fourth-order valence-corrected chi connectivity index (χ4v) is 1.64. The summed E-state index contributed by atoms with van der Waals surface area (Å²) in [7, 11) is 0. The van der Waals surface area contributed by atoms with Crippen LogP contribution in [0.1, 0.15) is 5.56 Å². The zero-order valence-electron chi connectivity index (χ0n) is 10.9. The third-order valence-corrected chi connectivity index (χ3v) is 2.55. The first-order chi connectivity index (χ1) is 10.0. The normalized spacial score (nSPS) is 10.7. The topological polar surface area (TPSA) is 84.2 Å². The number of carbonyl (C=O) groups is 2. The number of hydrogen-bond donors (Lipinski definition) is 2. The summed E-state index contributed by atoms with van der Waals surface area (Å²) in [6.07, 6.45) is 5.18. The smallest absolute Gasteiger partial charge is 0.328 e. The van der Waals surface area contributed by atoms with Crippen LogP contribution in [0.3, 0.4) is 0 Å². The molecule has 0 unspecified atom stereocenters. The van der Waals surface area contributed by atoms with Gasteiger partial charge in [0, 0.05) is 29.7 Å². The van der Waals surface area contributed by atoms with Gasteiger partial charge in [-0.3, -0.25) is 9.48 Å². The summed E-state index contributed by atoms with van der Waals surface area (Å²) < 4.78 is 15.2. The van der Waals surface area contributed by atoms with Crippen LogP contribution in [0.2, 0.25) is 0 Å². The summed E-state index contributed by atoms with van der Waals surface area (Å²) in [5, 5.41) is 14.9. The number of anilines is 1. The number of hydrogen-bond acceptors (Lipinski definition) is 3. The third kappa shape index (κ3) is 4.27. The van der Waals surface area contributed by atoms with Crippen molar-refractivity contribution in [2.24, 2.45) is 0 Å². The van der Waals surface area contributed by atoms with Gasteiger partial charge in [0.15, 0.2) is 0 Å². The van der Waals surface area contributed by atoms with Gasteiger partial charge in [-0.2, -0.15) is 5.10 Å². The highest BCUT2D eigenvalue weighted by Crippen LogP contribution is 2.16. The van der Waals surface area contributed by atoms with Crippen molar-refractivity contribution in [2.45, 2.75) is 6.54 Å². The summed E-state index contributed by atoms with van der Waals surface area (Å²) >= 11 is 0. The van der Waals surface area contributed by atoms with Gasteiger partial charge in [-0.15, -0.1) is 0 Å². The predicted molar refractivity (Wildman–Crippen MR) is 73.9 cm³/mol. The molecule has 0 aliphatic heterocycles. The summed E-state index contributed by atoms with van der Waals surface area (Å²) in [5.41, 5.74) is 0.416. The van der Waals surface area contributed by atoms with Crippen LogP contribution in [0, 0.1) is 5.82 Å². The lowest BCUT2D eigenvalue weighted by atomic mass is 10.1. The maximum Gasteiger partial charge on any atom is 0.328 e. The van der Waals surface area contributed by atoms with Gasteiger partial charge >= 0.3 is 5.97 Å². The molecule has 1 amide bonds. The predicted octanol–water partition coefficient (Wildman–Crippen LogP) is 1.76. The van der Waals surface area contributed by atoms with Crippen LogP contribution in [0.15, 0.2) is 42.7 Å². The van der Waals surface area contributed by atoms with Gasteiger partial charge in [-0.1, -0.05) is 0 Å². The minimum Gasteiger partial charge on any atom is -0.478 e. The van der Waals surface area contributed by atoms with Crippen LogP contribution in [0.4, 0.5) is 10.1 Å². The maximum absolute atomic E-state index is 13.7. The Balaban J connectivity index is 2.03. The highest BCUT2D eigenvalue weighted by molar-refractivity contribution is 5.90. The Morgan fingerprint density at radius 1 is 1.43 bits per heavy atom. The lowest BCUT2D eigenvalue weighted by Gasteiger charge is -2.06. The molecule has 1 aromatic carbocycles.